The lowest BCUT2D eigenvalue weighted by atomic mass is 9.99. The first-order chi connectivity index (χ1) is 9.81. The van der Waals surface area contributed by atoms with E-state index in [0.29, 0.717) is 0 Å². The molecule has 3 rings (SSSR count). The minimum absolute atomic E-state index is 0.261. The van der Waals surface area contributed by atoms with Crippen molar-refractivity contribution < 1.29 is 5.11 Å². The molecule has 1 aliphatic rings. The Labute approximate surface area is 120 Å². The number of nitrogens with zero attached hydrogens (tertiary/aromatic N) is 1. The Bertz CT molecular complexity index is 565. The van der Waals surface area contributed by atoms with E-state index in [4.69, 9.17) is 0 Å². The quantitative estimate of drug-likeness (QED) is 0.903. The summed E-state index contributed by atoms with van der Waals surface area (Å²) in [5.74, 6) is 0. The van der Waals surface area contributed by atoms with Crippen LogP contribution in [0.5, 0.6) is 0 Å². The van der Waals surface area contributed by atoms with Crippen molar-refractivity contribution in [2.45, 2.75) is 44.6 Å². The lowest BCUT2D eigenvalue weighted by Crippen LogP contribution is -2.12. The predicted octanol–water partition coefficient (Wildman–Crippen LogP) is 3.11. The first kappa shape index (κ1) is 13.3. The van der Waals surface area contributed by atoms with Crippen molar-refractivity contribution in [3.8, 4) is 0 Å². The number of aryl methyl sites for hydroxylation is 3. The Morgan fingerprint density at radius 1 is 1.00 bits per heavy atom. The molecule has 1 atom stereocenters. The summed E-state index contributed by atoms with van der Waals surface area (Å²) in [4.78, 5) is 4.01. The maximum atomic E-state index is 10.2. The number of aliphatic hydroxyl groups is 1. The van der Waals surface area contributed by atoms with E-state index < -0.39 is 0 Å². The van der Waals surface area contributed by atoms with Crippen LogP contribution in [0.4, 0.5) is 0 Å². The van der Waals surface area contributed by atoms with Crippen LogP contribution in [0, 0.1) is 0 Å². The third-order valence-electron chi connectivity index (χ3n) is 4.15. The Hall–Kier alpha value is -1.67. The predicted molar refractivity (Wildman–Crippen MR) is 80.7 cm³/mol. The Morgan fingerprint density at radius 2 is 1.80 bits per heavy atom. The Morgan fingerprint density at radius 3 is 2.65 bits per heavy atom. The van der Waals surface area contributed by atoms with Gasteiger partial charge in [-0.15, -0.1) is 0 Å². The zero-order valence-corrected chi connectivity index (χ0v) is 11.8. The number of pyridine rings is 1. The summed E-state index contributed by atoms with van der Waals surface area (Å²) in [7, 11) is 0. The van der Waals surface area contributed by atoms with Gasteiger partial charge in [0, 0.05) is 12.4 Å². The van der Waals surface area contributed by atoms with Crippen LogP contribution in [-0.2, 0) is 25.7 Å². The van der Waals surface area contributed by atoms with Crippen LogP contribution in [0.25, 0.3) is 0 Å². The first-order valence-electron chi connectivity index (χ1n) is 7.49. The van der Waals surface area contributed by atoms with Crippen LogP contribution < -0.4 is 0 Å². The summed E-state index contributed by atoms with van der Waals surface area (Å²) in [5.41, 5.74) is 5.50. The van der Waals surface area contributed by atoms with Gasteiger partial charge in [-0.25, -0.2) is 0 Å². The molecular weight excluding hydrogens is 246 g/mol. The zero-order valence-electron chi connectivity index (χ0n) is 11.8. The molecule has 2 aromatic rings. The number of benzene rings is 1. The fourth-order valence-corrected chi connectivity index (χ4v) is 3.01. The smallest absolute Gasteiger partial charge is 0.0583 e. The molecule has 20 heavy (non-hydrogen) atoms. The minimum atomic E-state index is -0.261. The van der Waals surface area contributed by atoms with Crippen molar-refractivity contribution in [1.29, 1.82) is 0 Å². The van der Waals surface area contributed by atoms with Gasteiger partial charge in [0.25, 0.3) is 0 Å². The number of rotatable bonds is 5. The van der Waals surface area contributed by atoms with Gasteiger partial charge in [-0.3, -0.25) is 4.98 Å². The highest BCUT2D eigenvalue weighted by molar-refractivity contribution is 5.35. The molecule has 0 fully saturated rings. The van der Waals surface area contributed by atoms with Crippen LogP contribution in [0.15, 0.2) is 42.7 Å². The molecule has 1 N–H and O–H groups in total. The largest absolute Gasteiger partial charge is 0.393 e. The third kappa shape index (κ3) is 3.26. The monoisotopic (exact) mass is 267 g/mol. The molecular formula is C18H21NO. The summed E-state index contributed by atoms with van der Waals surface area (Å²) < 4.78 is 0. The summed E-state index contributed by atoms with van der Waals surface area (Å²) in [6, 6.07) is 10.7. The van der Waals surface area contributed by atoms with Gasteiger partial charge in [0.05, 0.1) is 6.10 Å². The molecule has 0 aliphatic heterocycles. The highest BCUT2D eigenvalue weighted by Crippen LogP contribution is 2.23. The van der Waals surface area contributed by atoms with E-state index in [-0.39, 0.29) is 6.10 Å². The normalized spacial score (nSPS) is 15.1. The van der Waals surface area contributed by atoms with E-state index in [1.165, 1.54) is 41.5 Å². The van der Waals surface area contributed by atoms with Gasteiger partial charge in [0.1, 0.15) is 0 Å². The summed E-state index contributed by atoms with van der Waals surface area (Å²) >= 11 is 0. The number of aliphatic hydroxyl groups excluding tert-OH is 1. The third-order valence-corrected chi connectivity index (χ3v) is 4.15. The van der Waals surface area contributed by atoms with Gasteiger partial charge in [0.2, 0.25) is 0 Å². The molecule has 0 saturated heterocycles. The van der Waals surface area contributed by atoms with Crippen molar-refractivity contribution in [2.75, 3.05) is 0 Å². The zero-order chi connectivity index (χ0) is 13.8. The molecule has 0 spiro atoms. The summed E-state index contributed by atoms with van der Waals surface area (Å²) in [5, 5.41) is 10.2. The maximum absolute atomic E-state index is 10.2. The van der Waals surface area contributed by atoms with Crippen molar-refractivity contribution in [3.05, 3.63) is 65.0 Å². The van der Waals surface area contributed by atoms with E-state index in [0.717, 1.165) is 19.3 Å². The SMILES string of the molecule is OC(CCc1ccncc1)Cc1ccc2c(c1)CCC2. The standard InChI is InChI=1S/C18H21NO/c20-18(7-5-14-8-10-19-11-9-14)13-15-4-6-16-2-1-3-17(16)12-15/h4,6,8-12,18,20H,1-3,5,7,13H2. The number of fused-ring (bicyclic) bond motifs is 1. The van der Waals surface area contributed by atoms with Crippen LogP contribution >= 0.6 is 0 Å². The molecule has 0 bridgehead atoms. The van der Waals surface area contributed by atoms with E-state index in [9.17, 15) is 5.11 Å². The molecule has 0 radical (unpaired) electrons. The Kier molecular flexibility index (Phi) is 4.12. The molecule has 1 unspecified atom stereocenters. The number of hydrogen-bond donors (Lipinski definition) is 1. The summed E-state index contributed by atoms with van der Waals surface area (Å²) in [6.45, 7) is 0. The topological polar surface area (TPSA) is 33.1 Å². The second-order valence-electron chi connectivity index (χ2n) is 5.71. The molecule has 0 amide bonds. The average Bonchev–Trinajstić information content (AvgIpc) is 2.94. The van der Waals surface area contributed by atoms with Crippen molar-refractivity contribution >= 4 is 0 Å². The van der Waals surface area contributed by atoms with Gasteiger partial charge in [0.15, 0.2) is 0 Å². The van der Waals surface area contributed by atoms with Crippen molar-refractivity contribution in [1.82, 2.24) is 4.98 Å². The van der Waals surface area contributed by atoms with E-state index in [1.807, 2.05) is 24.5 Å². The van der Waals surface area contributed by atoms with Gasteiger partial charge < -0.3 is 5.11 Å². The molecule has 104 valence electrons. The lowest BCUT2D eigenvalue weighted by Gasteiger charge is -2.12. The molecule has 1 aromatic carbocycles. The second kappa shape index (κ2) is 6.19. The molecule has 1 heterocycles. The summed E-state index contributed by atoms with van der Waals surface area (Å²) in [6.07, 6.45) is 9.54. The van der Waals surface area contributed by atoms with Gasteiger partial charge in [-0.2, -0.15) is 0 Å². The van der Waals surface area contributed by atoms with Crippen molar-refractivity contribution in [3.63, 3.8) is 0 Å². The number of hydrogen-bond acceptors (Lipinski definition) is 2. The van der Waals surface area contributed by atoms with E-state index in [2.05, 4.69) is 23.2 Å². The van der Waals surface area contributed by atoms with Crippen LogP contribution in [0.1, 0.15) is 35.1 Å². The van der Waals surface area contributed by atoms with E-state index in [1.54, 1.807) is 0 Å². The minimum Gasteiger partial charge on any atom is -0.393 e. The lowest BCUT2D eigenvalue weighted by molar-refractivity contribution is 0.165. The fraction of sp³-hybridized carbons (Fsp3) is 0.389. The highest BCUT2D eigenvalue weighted by Gasteiger charge is 2.12. The number of aromatic nitrogens is 1. The van der Waals surface area contributed by atoms with Crippen LogP contribution in [0.2, 0.25) is 0 Å². The van der Waals surface area contributed by atoms with Gasteiger partial charge in [-0.1, -0.05) is 18.2 Å². The second-order valence-corrected chi connectivity index (χ2v) is 5.71. The van der Waals surface area contributed by atoms with Crippen molar-refractivity contribution in [2.24, 2.45) is 0 Å². The molecule has 0 saturated carbocycles. The molecule has 1 aromatic heterocycles. The molecule has 2 nitrogen and oxygen atoms in total. The first-order valence-corrected chi connectivity index (χ1v) is 7.49. The van der Waals surface area contributed by atoms with Crippen LogP contribution in [0.3, 0.4) is 0 Å². The average molecular weight is 267 g/mol. The highest BCUT2D eigenvalue weighted by atomic mass is 16.3. The van der Waals surface area contributed by atoms with Gasteiger partial charge in [-0.05, 0) is 72.9 Å². The van der Waals surface area contributed by atoms with Crippen LogP contribution in [-0.4, -0.2) is 16.2 Å². The molecule has 2 heteroatoms. The maximum Gasteiger partial charge on any atom is 0.0583 e. The molecule has 1 aliphatic carbocycles. The fourth-order valence-electron chi connectivity index (χ4n) is 3.01. The van der Waals surface area contributed by atoms with E-state index >= 15 is 0 Å². The van der Waals surface area contributed by atoms with Gasteiger partial charge >= 0.3 is 0 Å². The Balaban J connectivity index is 1.55.